The van der Waals surface area contributed by atoms with E-state index in [4.69, 9.17) is 9.47 Å². The Hall–Kier alpha value is -1.55. The fourth-order valence-corrected chi connectivity index (χ4v) is 2.45. The minimum absolute atomic E-state index is 0.0471. The van der Waals surface area contributed by atoms with E-state index in [0.717, 1.165) is 12.2 Å². The quantitative estimate of drug-likeness (QED) is 0.809. The maximum Gasteiger partial charge on any atom is 0.251 e. The summed E-state index contributed by atoms with van der Waals surface area (Å²) in [7, 11) is 0. The maximum absolute atomic E-state index is 12.1. The van der Waals surface area contributed by atoms with Crippen molar-refractivity contribution in [2.75, 3.05) is 13.1 Å². The molecule has 0 saturated carbocycles. The van der Waals surface area contributed by atoms with E-state index in [1.165, 1.54) is 5.56 Å². The van der Waals surface area contributed by atoms with Crippen LogP contribution in [0.2, 0.25) is 0 Å². The number of hydrogen-bond donors (Lipinski definition) is 0. The molecule has 0 aliphatic carbocycles. The van der Waals surface area contributed by atoms with E-state index >= 15 is 0 Å². The van der Waals surface area contributed by atoms with Gasteiger partial charge in [0, 0.05) is 0 Å². The highest BCUT2D eigenvalue weighted by molar-refractivity contribution is 5.81. The second-order valence-electron chi connectivity index (χ2n) is 5.81. The Morgan fingerprint density at radius 3 is 2.67 bits per heavy atom. The predicted molar refractivity (Wildman–Crippen MR) is 82.5 cm³/mol. The molecule has 1 fully saturated rings. The number of carbonyl (C=O) groups excluding carboxylic acids is 1. The SMILES string of the molecule is CCc1cccc(OC2CN(C(=O)C(C)OC(C)C)C2)c1. The number of carbonyl (C=O) groups is 1. The van der Waals surface area contributed by atoms with Crippen LogP contribution in [-0.2, 0) is 16.0 Å². The van der Waals surface area contributed by atoms with Gasteiger partial charge < -0.3 is 14.4 Å². The molecule has 1 unspecified atom stereocenters. The summed E-state index contributed by atoms with van der Waals surface area (Å²) in [5, 5.41) is 0. The summed E-state index contributed by atoms with van der Waals surface area (Å²) in [6.45, 7) is 9.08. The zero-order valence-electron chi connectivity index (χ0n) is 13.3. The molecule has 1 amide bonds. The largest absolute Gasteiger partial charge is 0.487 e. The first kappa shape index (κ1) is 15.8. The summed E-state index contributed by atoms with van der Waals surface area (Å²) in [5.74, 6) is 0.934. The van der Waals surface area contributed by atoms with Gasteiger partial charge in [-0.15, -0.1) is 0 Å². The molecule has 4 nitrogen and oxygen atoms in total. The van der Waals surface area contributed by atoms with Gasteiger partial charge in [0.05, 0.1) is 19.2 Å². The van der Waals surface area contributed by atoms with E-state index in [0.29, 0.717) is 13.1 Å². The lowest BCUT2D eigenvalue weighted by Gasteiger charge is -2.40. The summed E-state index contributed by atoms with van der Waals surface area (Å²) >= 11 is 0. The average Bonchev–Trinajstić information content (AvgIpc) is 2.41. The Labute approximate surface area is 127 Å². The zero-order valence-corrected chi connectivity index (χ0v) is 13.3. The van der Waals surface area contributed by atoms with E-state index in [2.05, 4.69) is 19.1 Å². The van der Waals surface area contributed by atoms with E-state index in [1.54, 1.807) is 11.8 Å². The molecule has 2 rings (SSSR count). The molecule has 0 aromatic heterocycles. The van der Waals surface area contributed by atoms with Crippen LogP contribution in [-0.4, -0.2) is 42.2 Å². The molecule has 1 aliphatic heterocycles. The number of aryl methyl sites for hydroxylation is 1. The normalized spacial score (nSPS) is 16.7. The predicted octanol–water partition coefficient (Wildman–Crippen LogP) is 2.65. The van der Waals surface area contributed by atoms with Gasteiger partial charge in [-0.1, -0.05) is 19.1 Å². The lowest BCUT2D eigenvalue weighted by molar-refractivity contribution is -0.153. The number of nitrogens with zero attached hydrogens (tertiary/aromatic N) is 1. The van der Waals surface area contributed by atoms with Gasteiger partial charge in [-0.3, -0.25) is 4.79 Å². The van der Waals surface area contributed by atoms with E-state index < -0.39 is 0 Å². The van der Waals surface area contributed by atoms with Crippen molar-refractivity contribution in [3.05, 3.63) is 29.8 Å². The van der Waals surface area contributed by atoms with Crippen molar-refractivity contribution in [1.82, 2.24) is 4.90 Å². The minimum Gasteiger partial charge on any atom is -0.487 e. The smallest absolute Gasteiger partial charge is 0.251 e. The number of ether oxygens (including phenoxy) is 2. The Kier molecular flexibility index (Phi) is 5.23. The Morgan fingerprint density at radius 2 is 2.05 bits per heavy atom. The second kappa shape index (κ2) is 6.94. The molecule has 4 heteroatoms. The first-order valence-electron chi connectivity index (χ1n) is 7.69. The summed E-state index contributed by atoms with van der Waals surface area (Å²) in [6.07, 6.45) is 0.770. The standard InChI is InChI=1S/C17H25NO3/c1-5-14-7-6-8-15(9-14)21-16-10-18(11-16)17(19)13(4)20-12(2)3/h6-9,12-13,16H,5,10-11H2,1-4H3. The molecule has 1 aliphatic rings. The highest BCUT2D eigenvalue weighted by atomic mass is 16.5. The molecule has 1 aromatic carbocycles. The van der Waals surface area contributed by atoms with Crippen molar-refractivity contribution >= 4 is 5.91 Å². The Balaban J connectivity index is 1.79. The van der Waals surface area contributed by atoms with Gasteiger partial charge in [0.25, 0.3) is 5.91 Å². The molecule has 1 aromatic rings. The van der Waals surface area contributed by atoms with Crippen molar-refractivity contribution in [2.24, 2.45) is 0 Å². The van der Waals surface area contributed by atoms with Crippen LogP contribution in [0.5, 0.6) is 5.75 Å². The average molecular weight is 291 g/mol. The van der Waals surface area contributed by atoms with Gasteiger partial charge in [-0.25, -0.2) is 0 Å². The van der Waals surface area contributed by atoms with Crippen molar-refractivity contribution in [3.63, 3.8) is 0 Å². The topological polar surface area (TPSA) is 38.8 Å². The Morgan fingerprint density at radius 1 is 1.33 bits per heavy atom. The van der Waals surface area contributed by atoms with Crippen LogP contribution in [0.25, 0.3) is 0 Å². The van der Waals surface area contributed by atoms with Crippen molar-refractivity contribution in [1.29, 1.82) is 0 Å². The number of rotatable bonds is 6. The number of amides is 1. The van der Waals surface area contributed by atoms with E-state index in [-0.39, 0.29) is 24.2 Å². The highest BCUT2D eigenvalue weighted by Crippen LogP contribution is 2.20. The molecule has 21 heavy (non-hydrogen) atoms. The van der Waals surface area contributed by atoms with Crippen molar-refractivity contribution in [2.45, 2.75) is 52.4 Å². The molecule has 0 bridgehead atoms. The first-order chi connectivity index (χ1) is 9.99. The molecule has 0 radical (unpaired) electrons. The van der Waals surface area contributed by atoms with Gasteiger partial charge in [0.15, 0.2) is 0 Å². The number of likely N-dealkylation sites (tertiary alicyclic amines) is 1. The number of hydrogen-bond acceptors (Lipinski definition) is 3. The summed E-state index contributed by atoms with van der Waals surface area (Å²) < 4.78 is 11.4. The van der Waals surface area contributed by atoms with Crippen LogP contribution in [0.4, 0.5) is 0 Å². The fourth-order valence-electron chi connectivity index (χ4n) is 2.45. The lowest BCUT2D eigenvalue weighted by Crippen LogP contribution is -2.58. The lowest BCUT2D eigenvalue weighted by atomic mass is 10.1. The van der Waals surface area contributed by atoms with Gasteiger partial charge >= 0.3 is 0 Å². The molecule has 1 atom stereocenters. The Bertz CT molecular complexity index is 481. The van der Waals surface area contributed by atoms with Crippen LogP contribution in [0.1, 0.15) is 33.3 Å². The molecule has 0 spiro atoms. The molecular weight excluding hydrogens is 266 g/mol. The van der Waals surface area contributed by atoms with E-state index in [1.807, 2.05) is 26.0 Å². The van der Waals surface area contributed by atoms with Crippen LogP contribution in [0, 0.1) is 0 Å². The van der Waals surface area contributed by atoms with Crippen LogP contribution >= 0.6 is 0 Å². The van der Waals surface area contributed by atoms with Gasteiger partial charge in [0.1, 0.15) is 18.0 Å². The summed E-state index contributed by atoms with van der Waals surface area (Å²) in [5.41, 5.74) is 1.26. The number of benzene rings is 1. The van der Waals surface area contributed by atoms with Crippen LogP contribution < -0.4 is 4.74 Å². The zero-order chi connectivity index (χ0) is 15.4. The molecular formula is C17H25NO3. The van der Waals surface area contributed by atoms with Gasteiger partial charge in [-0.05, 0) is 44.9 Å². The van der Waals surface area contributed by atoms with Gasteiger partial charge in [-0.2, -0.15) is 0 Å². The third kappa shape index (κ3) is 4.21. The third-order valence-corrected chi connectivity index (χ3v) is 3.59. The third-order valence-electron chi connectivity index (χ3n) is 3.59. The fraction of sp³-hybridized carbons (Fsp3) is 0.588. The first-order valence-corrected chi connectivity index (χ1v) is 7.69. The van der Waals surface area contributed by atoms with Gasteiger partial charge in [0.2, 0.25) is 0 Å². The van der Waals surface area contributed by atoms with E-state index in [9.17, 15) is 4.79 Å². The molecule has 1 saturated heterocycles. The minimum atomic E-state index is -0.380. The molecule has 1 heterocycles. The molecule has 0 N–H and O–H groups in total. The highest BCUT2D eigenvalue weighted by Gasteiger charge is 2.34. The van der Waals surface area contributed by atoms with Crippen molar-refractivity contribution in [3.8, 4) is 5.75 Å². The molecule has 116 valence electrons. The maximum atomic E-state index is 12.1. The van der Waals surface area contributed by atoms with Crippen LogP contribution in [0.3, 0.4) is 0 Å². The van der Waals surface area contributed by atoms with Crippen LogP contribution in [0.15, 0.2) is 24.3 Å². The summed E-state index contributed by atoms with van der Waals surface area (Å²) in [4.78, 5) is 13.9. The summed E-state index contributed by atoms with van der Waals surface area (Å²) in [6, 6.07) is 8.13. The monoisotopic (exact) mass is 291 g/mol. The second-order valence-corrected chi connectivity index (χ2v) is 5.81. The van der Waals surface area contributed by atoms with Crippen molar-refractivity contribution < 1.29 is 14.3 Å².